The highest BCUT2D eigenvalue weighted by molar-refractivity contribution is 5.76. The minimum Gasteiger partial charge on any atom is -0.372 e. The number of rotatable bonds is 6. The van der Waals surface area contributed by atoms with E-state index in [2.05, 4.69) is 22.2 Å². The van der Waals surface area contributed by atoms with Crippen LogP contribution in [-0.2, 0) is 9.53 Å². The molecule has 0 bridgehead atoms. The molecule has 0 aliphatic carbocycles. The number of amides is 1. The molecule has 122 valence electrons. The number of nitrogens with one attached hydrogen (secondary N) is 1. The number of carbonyl (C=O) groups excluding carboxylic acids is 1. The highest BCUT2D eigenvalue weighted by Gasteiger charge is 2.12. The maximum absolute atomic E-state index is 10.9. The van der Waals surface area contributed by atoms with Crippen LogP contribution in [0.2, 0.25) is 0 Å². The molecule has 1 amide bonds. The summed E-state index contributed by atoms with van der Waals surface area (Å²) in [7, 11) is 3.78. The van der Waals surface area contributed by atoms with Crippen molar-refractivity contribution in [2.75, 3.05) is 60.0 Å². The Kier molecular flexibility index (Phi) is 17.8. The summed E-state index contributed by atoms with van der Waals surface area (Å²) in [4.78, 5) is 15.7. The van der Waals surface area contributed by atoms with Gasteiger partial charge >= 0.3 is 0 Å². The Bertz CT molecular complexity index is 205. The molecule has 1 aliphatic heterocycles. The van der Waals surface area contributed by atoms with Crippen LogP contribution < -0.4 is 5.32 Å². The number of likely N-dealkylation sites (N-methyl/N-ethyl adjacent to an activating group) is 2. The molecule has 1 saturated heterocycles. The predicted molar refractivity (Wildman–Crippen MR) is 86.1 cm³/mol. The van der Waals surface area contributed by atoms with E-state index in [1.807, 2.05) is 27.7 Å². The maximum Gasteiger partial charge on any atom is 0.245 e. The number of piperazine rings is 1. The Hall–Kier alpha value is -0.650. The second-order valence-electron chi connectivity index (χ2n) is 4.22. The van der Waals surface area contributed by atoms with Gasteiger partial charge in [-0.05, 0) is 13.5 Å². The fraction of sp³-hybridized carbons (Fsp3) is 0.933. The van der Waals surface area contributed by atoms with Crippen LogP contribution in [0.25, 0.3) is 0 Å². The molecule has 20 heavy (non-hydrogen) atoms. The smallest absolute Gasteiger partial charge is 0.245 e. The molecule has 1 rings (SSSR count). The molecule has 1 N–H and O–H groups in total. The van der Waals surface area contributed by atoms with Crippen molar-refractivity contribution in [3.63, 3.8) is 0 Å². The van der Waals surface area contributed by atoms with Gasteiger partial charge in [0.15, 0.2) is 0 Å². The maximum atomic E-state index is 10.9. The second-order valence-corrected chi connectivity index (χ2v) is 4.22. The number of hydrogen-bond acceptors (Lipinski definition) is 4. The van der Waals surface area contributed by atoms with Crippen molar-refractivity contribution < 1.29 is 9.53 Å². The summed E-state index contributed by atoms with van der Waals surface area (Å²) in [6.07, 6.45) is 1.00. The van der Waals surface area contributed by atoms with E-state index in [0.29, 0.717) is 6.61 Å². The first kappa shape index (κ1) is 21.6. The fourth-order valence-electron chi connectivity index (χ4n) is 1.70. The summed E-state index contributed by atoms with van der Waals surface area (Å²) in [6.45, 7) is 14.5. The molecule has 0 aromatic heterocycles. The van der Waals surface area contributed by atoms with Gasteiger partial charge in [0.25, 0.3) is 0 Å². The van der Waals surface area contributed by atoms with Gasteiger partial charge in [0, 0.05) is 46.4 Å². The van der Waals surface area contributed by atoms with Crippen molar-refractivity contribution in [1.29, 1.82) is 0 Å². The molecule has 1 heterocycles. The van der Waals surface area contributed by atoms with E-state index in [1.54, 1.807) is 7.05 Å². The van der Waals surface area contributed by atoms with E-state index in [9.17, 15) is 4.79 Å². The number of ether oxygens (including phenoxy) is 1. The van der Waals surface area contributed by atoms with Crippen LogP contribution in [0.15, 0.2) is 0 Å². The van der Waals surface area contributed by atoms with Crippen molar-refractivity contribution in [3.05, 3.63) is 0 Å². The van der Waals surface area contributed by atoms with E-state index in [-0.39, 0.29) is 12.5 Å². The first-order chi connectivity index (χ1) is 9.72. The molecule has 0 aromatic carbocycles. The number of nitrogens with zero attached hydrogens (tertiary/aromatic N) is 2. The van der Waals surface area contributed by atoms with E-state index >= 15 is 0 Å². The molecular formula is C15H35N3O2. The molecule has 1 aliphatic rings. The molecular weight excluding hydrogens is 254 g/mol. The molecule has 0 spiro atoms. The summed E-state index contributed by atoms with van der Waals surface area (Å²) in [5, 5.41) is 2.53. The van der Waals surface area contributed by atoms with Crippen LogP contribution in [0.5, 0.6) is 0 Å². The second kappa shape index (κ2) is 16.4. The van der Waals surface area contributed by atoms with Crippen LogP contribution in [0.4, 0.5) is 0 Å². The van der Waals surface area contributed by atoms with Crippen LogP contribution >= 0.6 is 0 Å². The normalized spacial score (nSPS) is 15.5. The standard InChI is InChI=1S/C11H23N3O2.2C2H6/c1-12-11(15)10-16-9-3-4-14-7-5-13(2)6-8-14;2*1-2/h3-10H2,1-2H3,(H,12,15);2*1-2H3. The van der Waals surface area contributed by atoms with E-state index in [4.69, 9.17) is 4.74 Å². The van der Waals surface area contributed by atoms with Gasteiger partial charge in [0.1, 0.15) is 6.61 Å². The van der Waals surface area contributed by atoms with E-state index < -0.39 is 0 Å². The average molecular weight is 289 g/mol. The molecule has 0 atom stereocenters. The van der Waals surface area contributed by atoms with Crippen molar-refractivity contribution in [3.8, 4) is 0 Å². The molecule has 0 unspecified atom stereocenters. The number of hydrogen-bond donors (Lipinski definition) is 1. The monoisotopic (exact) mass is 289 g/mol. The van der Waals surface area contributed by atoms with Gasteiger partial charge in [-0.1, -0.05) is 27.7 Å². The van der Waals surface area contributed by atoms with Gasteiger partial charge < -0.3 is 19.9 Å². The molecule has 5 heteroatoms. The molecule has 0 radical (unpaired) electrons. The van der Waals surface area contributed by atoms with Gasteiger partial charge in [-0.2, -0.15) is 0 Å². The highest BCUT2D eigenvalue weighted by Crippen LogP contribution is 1.99. The molecule has 1 fully saturated rings. The van der Waals surface area contributed by atoms with Gasteiger partial charge in [0.2, 0.25) is 5.91 Å². The average Bonchev–Trinajstić information content (AvgIpc) is 2.52. The van der Waals surface area contributed by atoms with Crippen molar-refractivity contribution >= 4 is 5.91 Å². The minimum absolute atomic E-state index is 0.0559. The van der Waals surface area contributed by atoms with Crippen LogP contribution in [0, 0.1) is 0 Å². The van der Waals surface area contributed by atoms with Crippen molar-refractivity contribution in [2.24, 2.45) is 0 Å². The summed E-state index contributed by atoms with van der Waals surface area (Å²) < 4.78 is 5.25. The van der Waals surface area contributed by atoms with Crippen LogP contribution in [0.3, 0.4) is 0 Å². The van der Waals surface area contributed by atoms with Gasteiger partial charge in [0.05, 0.1) is 0 Å². The van der Waals surface area contributed by atoms with Crippen molar-refractivity contribution in [2.45, 2.75) is 34.1 Å². The zero-order valence-corrected chi connectivity index (χ0v) is 14.4. The lowest BCUT2D eigenvalue weighted by atomic mass is 10.3. The lowest BCUT2D eigenvalue weighted by Crippen LogP contribution is -2.44. The topological polar surface area (TPSA) is 44.8 Å². The van der Waals surface area contributed by atoms with Crippen molar-refractivity contribution in [1.82, 2.24) is 15.1 Å². The Labute approximate surface area is 125 Å². The Morgan fingerprint density at radius 1 is 1.10 bits per heavy atom. The Balaban J connectivity index is 0. The summed E-state index contributed by atoms with van der Waals surface area (Å²) in [5.41, 5.74) is 0. The third-order valence-corrected chi connectivity index (χ3v) is 2.87. The van der Waals surface area contributed by atoms with Crippen LogP contribution in [-0.4, -0.2) is 75.7 Å². The van der Waals surface area contributed by atoms with E-state index in [1.165, 1.54) is 0 Å². The third kappa shape index (κ3) is 12.4. The zero-order valence-electron chi connectivity index (χ0n) is 14.4. The zero-order chi connectivity index (χ0) is 15.8. The molecule has 5 nitrogen and oxygen atoms in total. The van der Waals surface area contributed by atoms with Gasteiger partial charge in [-0.25, -0.2) is 0 Å². The SMILES string of the molecule is CC.CC.CNC(=O)COCCCN1CCN(C)CC1. The van der Waals surface area contributed by atoms with Crippen LogP contribution in [0.1, 0.15) is 34.1 Å². The Morgan fingerprint density at radius 2 is 1.65 bits per heavy atom. The van der Waals surface area contributed by atoms with E-state index in [0.717, 1.165) is 39.1 Å². The Morgan fingerprint density at radius 3 is 2.15 bits per heavy atom. The fourth-order valence-corrected chi connectivity index (χ4v) is 1.70. The largest absolute Gasteiger partial charge is 0.372 e. The minimum atomic E-state index is -0.0559. The summed E-state index contributed by atoms with van der Waals surface area (Å²) in [5.74, 6) is -0.0559. The highest BCUT2D eigenvalue weighted by atomic mass is 16.5. The predicted octanol–water partition coefficient (Wildman–Crippen LogP) is 1.44. The first-order valence-electron chi connectivity index (χ1n) is 7.91. The lowest BCUT2D eigenvalue weighted by molar-refractivity contribution is -0.125. The first-order valence-corrected chi connectivity index (χ1v) is 7.91. The summed E-state index contributed by atoms with van der Waals surface area (Å²) in [6, 6.07) is 0. The van der Waals surface area contributed by atoms with Gasteiger partial charge in [-0.3, -0.25) is 4.79 Å². The quantitative estimate of drug-likeness (QED) is 0.752. The molecule has 0 saturated carbocycles. The summed E-state index contributed by atoms with van der Waals surface area (Å²) >= 11 is 0. The lowest BCUT2D eigenvalue weighted by Gasteiger charge is -2.32. The molecule has 0 aromatic rings. The van der Waals surface area contributed by atoms with Gasteiger partial charge in [-0.15, -0.1) is 0 Å². The third-order valence-electron chi connectivity index (χ3n) is 2.87. The number of carbonyl (C=O) groups is 1.